The Kier molecular flexibility index (Phi) is 5.59. The molecule has 0 radical (unpaired) electrons. The molecule has 3 aromatic rings. The molecule has 2 aromatic carbocycles. The molecule has 28 heavy (non-hydrogen) atoms. The van der Waals surface area contributed by atoms with Gasteiger partial charge in [0.25, 0.3) is 0 Å². The number of rotatable bonds is 5. The second-order valence-corrected chi connectivity index (χ2v) is 6.25. The van der Waals surface area contributed by atoms with Crippen molar-refractivity contribution >= 4 is 23.2 Å². The predicted molar refractivity (Wildman–Crippen MR) is 106 cm³/mol. The molecule has 8 nitrogen and oxygen atoms in total. The smallest absolute Gasteiger partial charge is 0.326 e. The number of nitrogens with zero attached hydrogens (tertiary/aromatic N) is 3. The van der Waals surface area contributed by atoms with Crippen LogP contribution in [-0.2, 0) is 16.1 Å². The Morgan fingerprint density at radius 2 is 1.57 bits per heavy atom. The molecule has 0 aliphatic rings. The highest BCUT2D eigenvalue weighted by Crippen LogP contribution is 2.15. The summed E-state index contributed by atoms with van der Waals surface area (Å²) in [7, 11) is 0. The molecule has 3 rings (SSSR count). The van der Waals surface area contributed by atoms with Crippen LogP contribution in [-0.4, -0.2) is 26.6 Å². The van der Waals surface area contributed by atoms with Crippen LogP contribution in [0.4, 0.5) is 11.4 Å². The number of carbonyl (C=O) groups excluding carboxylic acids is 2. The van der Waals surface area contributed by atoms with Crippen molar-refractivity contribution in [3.63, 3.8) is 0 Å². The van der Waals surface area contributed by atoms with E-state index in [1.54, 1.807) is 24.3 Å². The predicted octanol–water partition coefficient (Wildman–Crippen LogP) is 2.21. The Morgan fingerprint density at radius 3 is 2.14 bits per heavy atom. The van der Waals surface area contributed by atoms with E-state index in [2.05, 4.69) is 20.7 Å². The van der Waals surface area contributed by atoms with Gasteiger partial charge in [-0.05, 0) is 31.2 Å². The minimum absolute atomic E-state index is 0.177. The van der Waals surface area contributed by atoms with Crippen LogP contribution >= 0.6 is 0 Å². The molecule has 1 heterocycles. The molecule has 1 aromatic heterocycles. The summed E-state index contributed by atoms with van der Waals surface area (Å²) < 4.78 is 0.999. The number of anilines is 2. The molecule has 0 atom stereocenters. The van der Waals surface area contributed by atoms with E-state index in [9.17, 15) is 14.4 Å². The topological polar surface area (TPSA) is 106 Å². The maximum Gasteiger partial charge on any atom is 0.365 e. The summed E-state index contributed by atoms with van der Waals surface area (Å²) in [5, 5.41) is 9.35. The number of nitrogens with one attached hydrogen (secondary N) is 2. The van der Waals surface area contributed by atoms with Gasteiger partial charge in [-0.25, -0.2) is 9.48 Å². The van der Waals surface area contributed by atoms with Crippen molar-refractivity contribution in [3.05, 3.63) is 70.8 Å². The summed E-state index contributed by atoms with van der Waals surface area (Å²) in [5.74, 6) is -0.587. The zero-order valence-corrected chi connectivity index (χ0v) is 15.5. The Labute approximate surface area is 161 Å². The number of aromatic nitrogens is 3. The van der Waals surface area contributed by atoms with Crippen LogP contribution in [0.15, 0.2) is 59.5 Å². The minimum Gasteiger partial charge on any atom is -0.326 e. The van der Waals surface area contributed by atoms with Crippen molar-refractivity contribution in [2.75, 3.05) is 10.6 Å². The fourth-order valence-electron chi connectivity index (χ4n) is 2.51. The zero-order valence-electron chi connectivity index (χ0n) is 15.5. The third-order valence-electron chi connectivity index (χ3n) is 3.89. The molecule has 142 valence electrons. The molecular formula is C20H19N5O3. The van der Waals surface area contributed by atoms with Gasteiger partial charge < -0.3 is 10.6 Å². The summed E-state index contributed by atoms with van der Waals surface area (Å²) in [6, 6.07) is 14.2. The average Bonchev–Trinajstić information content (AvgIpc) is 2.65. The lowest BCUT2D eigenvalue weighted by Gasteiger charge is -2.08. The van der Waals surface area contributed by atoms with Gasteiger partial charge in [-0.3, -0.25) is 9.59 Å². The van der Waals surface area contributed by atoms with E-state index in [4.69, 9.17) is 0 Å². The summed E-state index contributed by atoms with van der Waals surface area (Å²) >= 11 is 0. The second kappa shape index (κ2) is 8.26. The third kappa shape index (κ3) is 4.88. The second-order valence-electron chi connectivity index (χ2n) is 6.25. The van der Waals surface area contributed by atoms with Crippen LogP contribution < -0.4 is 16.3 Å². The van der Waals surface area contributed by atoms with Gasteiger partial charge in [0.05, 0.1) is 11.9 Å². The van der Waals surface area contributed by atoms with Gasteiger partial charge in [-0.2, -0.15) is 10.1 Å². The highest BCUT2D eigenvalue weighted by molar-refractivity contribution is 5.92. The molecular weight excluding hydrogens is 358 g/mol. The lowest BCUT2D eigenvalue weighted by molar-refractivity contribution is -0.117. The van der Waals surface area contributed by atoms with Crippen molar-refractivity contribution in [2.45, 2.75) is 20.4 Å². The largest absolute Gasteiger partial charge is 0.365 e. The number of hydrogen-bond acceptors (Lipinski definition) is 5. The van der Waals surface area contributed by atoms with Crippen LogP contribution in [0.2, 0.25) is 0 Å². The monoisotopic (exact) mass is 377 g/mol. The van der Waals surface area contributed by atoms with Crippen LogP contribution in [0, 0.1) is 6.92 Å². The molecule has 2 amide bonds. The van der Waals surface area contributed by atoms with Crippen LogP contribution in [0.5, 0.6) is 0 Å². The van der Waals surface area contributed by atoms with Gasteiger partial charge in [0, 0.05) is 23.9 Å². The minimum atomic E-state index is -0.603. The summed E-state index contributed by atoms with van der Waals surface area (Å²) in [4.78, 5) is 39.4. The Balaban J connectivity index is 1.66. The normalized spacial score (nSPS) is 10.4. The SMILES string of the molecule is CC(=O)Nc1ccc(NC(=O)Cn2ncc(-c3ccc(C)cc3)nc2=O)cc1. The van der Waals surface area contributed by atoms with Gasteiger partial charge in [-0.1, -0.05) is 29.8 Å². The number of carbonyl (C=O) groups is 2. The van der Waals surface area contributed by atoms with Gasteiger partial charge in [0.15, 0.2) is 0 Å². The van der Waals surface area contributed by atoms with Gasteiger partial charge in [0.2, 0.25) is 11.8 Å². The molecule has 0 fully saturated rings. The molecule has 0 spiro atoms. The first-order valence-electron chi connectivity index (χ1n) is 8.59. The highest BCUT2D eigenvalue weighted by Gasteiger charge is 2.09. The quantitative estimate of drug-likeness (QED) is 0.709. The first-order chi connectivity index (χ1) is 13.4. The number of hydrogen-bond donors (Lipinski definition) is 2. The van der Waals surface area contributed by atoms with Crippen molar-refractivity contribution < 1.29 is 9.59 Å². The van der Waals surface area contributed by atoms with E-state index in [-0.39, 0.29) is 12.5 Å². The molecule has 8 heteroatoms. The van der Waals surface area contributed by atoms with Crippen molar-refractivity contribution in [1.29, 1.82) is 0 Å². The molecule has 2 N–H and O–H groups in total. The number of aryl methyl sites for hydroxylation is 1. The first-order valence-corrected chi connectivity index (χ1v) is 8.59. The number of amides is 2. The zero-order chi connectivity index (χ0) is 20.1. The molecule has 0 unspecified atom stereocenters. The lowest BCUT2D eigenvalue weighted by atomic mass is 10.1. The van der Waals surface area contributed by atoms with E-state index in [1.807, 2.05) is 31.2 Å². The molecule has 0 aliphatic carbocycles. The Morgan fingerprint density at radius 1 is 0.964 bits per heavy atom. The molecule has 0 saturated carbocycles. The summed E-state index contributed by atoms with van der Waals surface area (Å²) in [6.07, 6.45) is 1.46. The Bertz CT molecular complexity index is 1060. The van der Waals surface area contributed by atoms with Crippen molar-refractivity contribution in [3.8, 4) is 11.3 Å². The van der Waals surface area contributed by atoms with E-state index >= 15 is 0 Å². The van der Waals surface area contributed by atoms with Gasteiger partial charge in [-0.15, -0.1) is 0 Å². The maximum atomic E-state index is 12.2. The van der Waals surface area contributed by atoms with Crippen molar-refractivity contribution in [2.24, 2.45) is 0 Å². The maximum absolute atomic E-state index is 12.2. The standard InChI is InChI=1S/C20H19N5O3/c1-13-3-5-15(6-4-13)18-11-21-25(20(28)24-18)12-19(27)23-17-9-7-16(8-10-17)22-14(2)26/h3-11H,12H2,1-2H3,(H,22,26)(H,23,27). The molecule has 0 aliphatic heterocycles. The first kappa shape index (κ1) is 19.0. The average molecular weight is 377 g/mol. The molecule has 0 saturated heterocycles. The van der Waals surface area contributed by atoms with Crippen LogP contribution in [0.25, 0.3) is 11.3 Å². The lowest BCUT2D eigenvalue weighted by Crippen LogP contribution is -2.31. The van der Waals surface area contributed by atoms with Crippen LogP contribution in [0.1, 0.15) is 12.5 Å². The van der Waals surface area contributed by atoms with E-state index < -0.39 is 11.6 Å². The number of benzene rings is 2. The van der Waals surface area contributed by atoms with E-state index in [1.165, 1.54) is 13.1 Å². The fourth-order valence-corrected chi connectivity index (χ4v) is 2.51. The van der Waals surface area contributed by atoms with E-state index in [0.29, 0.717) is 17.1 Å². The highest BCUT2D eigenvalue weighted by atomic mass is 16.2. The Hall–Kier alpha value is -3.81. The van der Waals surface area contributed by atoms with E-state index in [0.717, 1.165) is 15.8 Å². The fraction of sp³-hybridized carbons (Fsp3) is 0.150. The van der Waals surface area contributed by atoms with Crippen LogP contribution in [0.3, 0.4) is 0 Å². The summed E-state index contributed by atoms with van der Waals surface area (Å²) in [6.45, 7) is 3.13. The van der Waals surface area contributed by atoms with Gasteiger partial charge in [0.1, 0.15) is 6.54 Å². The third-order valence-corrected chi connectivity index (χ3v) is 3.89. The van der Waals surface area contributed by atoms with Gasteiger partial charge >= 0.3 is 5.69 Å². The summed E-state index contributed by atoms with van der Waals surface area (Å²) in [5.41, 5.74) is 2.90. The molecule has 0 bridgehead atoms. The van der Waals surface area contributed by atoms with Crippen molar-refractivity contribution in [1.82, 2.24) is 14.8 Å².